The monoisotopic (exact) mass is 353 g/mol. The van der Waals surface area contributed by atoms with Crippen molar-refractivity contribution in [3.05, 3.63) is 52.4 Å². The molecular weight excluding hydrogens is 337 g/mol. The number of nitrogens with one attached hydrogen (secondary N) is 1. The van der Waals surface area contributed by atoms with Crippen LogP contribution in [-0.2, 0) is 19.7 Å². The van der Waals surface area contributed by atoms with E-state index in [0.717, 1.165) is 0 Å². The minimum Gasteiger partial charge on any atom is -0.444 e. The number of anilines is 1. The highest BCUT2D eigenvalue weighted by molar-refractivity contribution is 6.19. The van der Waals surface area contributed by atoms with Gasteiger partial charge in [0.1, 0.15) is 28.6 Å². The fourth-order valence-corrected chi connectivity index (χ4v) is 4.17. The SMILES string of the molecule is CC1(C)CC(=O)C2=C(C1)OC(N)=C(C#N)[C@@]21C(=O)Nc2ccc(F)cc21. The van der Waals surface area contributed by atoms with E-state index in [0.29, 0.717) is 12.1 Å². The molecule has 1 atom stereocenters. The van der Waals surface area contributed by atoms with Gasteiger partial charge in [-0.1, -0.05) is 13.8 Å². The number of amides is 1. The zero-order chi connectivity index (χ0) is 18.9. The van der Waals surface area contributed by atoms with E-state index in [4.69, 9.17) is 10.5 Å². The molecule has 0 saturated carbocycles. The summed E-state index contributed by atoms with van der Waals surface area (Å²) in [4.78, 5) is 26.1. The summed E-state index contributed by atoms with van der Waals surface area (Å²) in [6.07, 6.45) is 0.570. The Kier molecular flexibility index (Phi) is 3.11. The van der Waals surface area contributed by atoms with E-state index >= 15 is 0 Å². The molecule has 7 heteroatoms. The molecule has 1 amide bonds. The van der Waals surface area contributed by atoms with Crippen LogP contribution in [0.4, 0.5) is 10.1 Å². The lowest BCUT2D eigenvalue weighted by molar-refractivity contribution is -0.124. The topological polar surface area (TPSA) is 105 Å². The maximum atomic E-state index is 14.0. The lowest BCUT2D eigenvalue weighted by Crippen LogP contribution is -2.48. The predicted molar refractivity (Wildman–Crippen MR) is 89.7 cm³/mol. The Bertz CT molecular complexity index is 1000. The van der Waals surface area contributed by atoms with Gasteiger partial charge < -0.3 is 15.8 Å². The van der Waals surface area contributed by atoms with Crippen LogP contribution in [0.25, 0.3) is 0 Å². The number of rotatable bonds is 0. The van der Waals surface area contributed by atoms with Gasteiger partial charge in [0, 0.05) is 24.1 Å². The van der Waals surface area contributed by atoms with Crippen molar-refractivity contribution < 1.29 is 18.7 Å². The molecule has 1 aromatic rings. The zero-order valence-corrected chi connectivity index (χ0v) is 14.3. The van der Waals surface area contributed by atoms with Crippen molar-refractivity contribution in [2.75, 3.05) is 5.32 Å². The number of benzene rings is 1. The molecule has 3 aliphatic rings. The van der Waals surface area contributed by atoms with E-state index in [1.165, 1.54) is 18.2 Å². The van der Waals surface area contributed by atoms with Crippen LogP contribution in [-0.4, -0.2) is 11.7 Å². The summed E-state index contributed by atoms with van der Waals surface area (Å²) in [6.45, 7) is 3.82. The van der Waals surface area contributed by atoms with Gasteiger partial charge in [-0.05, 0) is 23.6 Å². The highest BCUT2D eigenvalue weighted by Crippen LogP contribution is 2.55. The Morgan fingerprint density at radius 1 is 1.31 bits per heavy atom. The zero-order valence-electron chi connectivity index (χ0n) is 14.3. The average molecular weight is 353 g/mol. The average Bonchev–Trinajstić information content (AvgIpc) is 2.79. The fourth-order valence-electron chi connectivity index (χ4n) is 4.17. The number of allylic oxidation sites excluding steroid dienone is 1. The molecule has 1 aliphatic carbocycles. The first-order valence-electron chi connectivity index (χ1n) is 8.17. The number of halogens is 1. The molecule has 6 nitrogen and oxygen atoms in total. The standard InChI is InChI=1S/C19H16FN3O3/c1-18(2)6-13(24)15-14(7-18)26-16(22)11(8-21)19(15)10-5-9(20)3-4-12(10)23-17(19)25/h3-5H,6-7,22H2,1-2H3,(H,23,25)/t19-/m1/s1. The first-order chi connectivity index (χ1) is 12.2. The molecular formula is C19H16FN3O3. The third-order valence-corrected chi connectivity index (χ3v) is 5.15. The van der Waals surface area contributed by atoms with Gasteiger partial charge in [0.25, 0.3) is 0 Å². The molecule has 1 spiro atoms. The van der Waals surface area contributed by atoms with E-state index in [2.05, 4.69) is 5.32 Å². The van der Waals surface area contributed by atoms with Gasteiger partial charge >= 0.3 is 0 Å². The molecule has 4 rings (SSSR count). The van der Waals surface area contributed by atoms with Gasteiger partial charge in [-0.25, -0.2) is 4.39 Å². The van der Waals surface area contributed by atoms with E-state index in [-0.39, 0.29) is 46.0 Å². The van der Waals surface area contributed by atoms with Gasteiger partial charge in [-0.3, -0.25) is 9.59 Å². The van der Waals surface area contributed by atoms with Crippen molar-refractivity contribution in [3.63, 3.8) is 0 Å². The summed E-state index contributed by atoms with van der Waals surface area (Å²) in [6, 6.07) is 5.70. The Labute approximate surface area is 149 Å². The number of nitrogens with zero attached hydrogens (tertiary/aromatic N) is 1. The van der Waals surface area contributed by atoms with Crippen LogP contribution < -0.4 is 11.1 Å². The number of fused-ring (bicyclic) bond motifs is 3. The van der Waals surface area contributed by atoms with Crippen LogP contribution in [0.2, 0.25) is 0 Å². The van der Waals surface area contributed by atoms with E-state index in [1.807, 2.05) is 19.9 Å². The van der Waals surface area contributed by atoms with Crippen molar-refractivity contribution in [2.24, 2.45) is 11.1 Å². The van der Waals surface area contributed by atoms with Crippen molar-refractivity contribution in [1.29, 1.82) is 5.26 Å². The van der Waals surface area contributed by atoms with Gasteiger partial charge in [0.05, 0.1) is 5.57 Å². The third-order valence-electron chi connectivity index (χ3n) is 5.15. The van der Waals surface area contributed by atoms with E-state index in [9.17, 15) is 19.2 Å². The fraction of sp³-hybridized carbons (Fsp3) is 0.316. The second-order valence-corrected chi connectivity index (χ2v) is 7.59. The number of hydrogen-bond acceptors (Lipinski definition) is 5. The summed E-state index contributed by atoms with van der Waals surface area (Å²) in [5.41, 5.74) is 4.28. The molecule has 0 saturated heterocycles. The molecule has 0 unspecified atom stereocenters. The van der Waals surface area contributed by atoms with Crippen molar-refractivity contribution in [1.82, 2.24) is 0 Å². The second-order valence-electron chi connectivity index (χ2n) is 7.59. The number of Topliss-reactive ketones (excluding diaryl/α,β-unsaturated/α-hetero) is 1. The highest BCUT2D eigenvalue weighted by atomic mass is 19.1. The van der Waals surface area contributed by atoms with Crippen LogP contribution in [0.5, 0.6) is 0 Å². The summed E-state index contributed by atoms with van der Waals surface area (Å²) < 4.78 is 19.6. The lowest BCUT2D eigenvalue weighted by Gasteiger charge is -2.41. The first kappa shape index (κ1) is 16.3. The summed E-state index contributed by atoms with van der Waals surface area (Å²) in [5, 5.41) is 12.4. The van der Waals surface area contributed by atoms with Crippen LogP contribution in [0.3, 0.4) is 0 Å². The molecule has 0 bridgehead atoms. The number of carbonyl (C=O) groups is 2. The predicted octanol–water partition coefficient (Wildman–Crippen LogP) is 2.38. The number of nitriles is 1. The summed E-state index contributed by atoms with van der Waals surface area (Å²) in [7, 11) is 0. The van der Waals surface area contributed by atoms with Crippen molar-refractivity contribution in [2.45, 2.75) is 32.1 Å². The largest absolute Gasteiger partial charge is 0.444 e. The van der Waals surface area contributed by atoms with Crippen LogP contribution in [0.1, 0.15) is 32.3 Å². The van der Waals surface area contributed by atoms with Gasteiger partial charge in [-0.2, -0.15) is 5.26 Å². The van der Waals surface area contributed by atoms with E-state index in [1.54, 1.807) is 0 Å². The number of ketones is 1. The van der Waals surface area contributed by atoms with Crippen molar-refractivity contribution >= 4 is 17.4 Å². The number of carbonyl (C=O) groups excluding carboxylic acids is 2. The maximum absolute atomic E-state index is 14.0. The molecule has 2 heterocycles. The molecule has 2 aliphatic heterocycles. The Morgan fingerprint density at radius 3 is 2.73 bits per heavy atom. The Hall–Kier alpha value is -3.14. The number of ether oxygens (including phenoxy) is 1. The summed E-state index contributed by atoms with van der Waals surface area (Å²) >= 11 is 0. The van der Waals surface area contributed by atoms with Gasteiger partial charge in [0.2, 0.25) is 11.8 Å². The molecule has 0 fully saturated rings. The molecule has 0 aromatic heterocycles. The third kappa shape index (κ3) is 1.90. The molecule has 132 valence electrons. The Balaban J connectivity index is 2.10. The second kappa shape index (κ2) is 4.94. The molecule has 0 radical (unpaired) electrons. The quantitative estimate of drug-likeness (QED) is 0.745. The highest BCUT2D eigenvalue weighted by Gasteiger charge is 2.61. The molecule has 26 heavy (non-hydrogen) atoms. The van der Waals surface area contributed by atoms with Crippen molar-refractivity contribution in [3.8, 4) is 6.07 Å². The van der Waals surface area contributed by atoms with Gasteiger partial charge in [-0.15, -0.1) is 0 Å². The summed E-state index contributed by atoms with van der Waals surface area (Å²) in [5.74, 6) is -1.43. The lowest BCUT2D eigenvalue weighted by atomic mass is 9.62. The molecule has 3 N–H and O–H groups in total. The van der Waals surface area contributed by atoms with E-state index < -0.39 is 17.1 Å². The molecule has 1 aromatic carbocycles. The van der Waals surface area contributed by atoms with Crippen LogP contribution in [0, 0.1) is 22.6 Å². The first-order valence-corrected chi connectivity index (χ1v) is 8.17. The van der Waals surface area contributed by atoms with Crippen LogP contribution >= 0.6 is 0 Å². The minimum absolute atomic E-state index is 0.0874. The van der Waals surface area contributed by atoms with Crippen LogP contribution in [0.15, 0.2) is 41.0 Å². The maximum Gasteiger partial charge on any atom is 0.245 e. The van der Waals surface area contributed by atoms with Gasteiger partial charge in [0.15, 0.2) is 5.78 Å². The normalized spacial score (nSPS) is 26.2. The number of nitrogens with two attached hydrogens (primary N) is 1. The number of hydrogen-bond donors (Lipinski definition) is 2. The Morgan fingerprint density at radius 2 is 2.04 bits per heavy atom. The minimum atomic E-state index is -1.77. The smallest absolute Gasteiger partial charge is 0.245 e.